The van der Waals surface area contributed by atoms with Gasteiger partial charge in [0.2, 0.25) is 0 Å². The third kappa shape index (κ3) is 1.97. The quantitative estimate of drug-likeness (QED) is 0.908. The van der Waals surface area contributed by atoms with Crippen LogP contribution in [0.4, 0.5) is 4.39 Å². The monoisotopic (exact) mass is 267 g/mol. The Balaban J connectivity index is 1.89. The number of thiazole rings is 1. The molecule has 1 saturated heterocycles. The standard InChI is InChI=1S/C12H10FNO3S/c13-6-1-4-10-7(5-6)14-11(18-10)8-2-3-9(17-8)12(15)16/h1,4-5,8-9H,2-3H2,(H,15,16). The van der Waals surface area contributed by atoms with Gasteiger partial charge in [0, 0.05) is 6.07 Å². The molecular weight excluding hydrogens is 257 g/mol. The van der Waals surface area contributed by atoms with Crippen molar-refractivity contribution < 1.29 is 19.0 Å². The smallest absolute Gasteiger partial charge is 0.332 e. The van der Waals surface area contributed by atoms with Crippen LogP contribution in [0.25, 0.3) is 10.2 Å². The molecule has 2 aromatic rings. The topological polar surface area (TPSA) is 59.4 Å². The van der Waals surface area contributed by atoms with Crippen LogP contribution >= 0.6 is 11.3 Å². The fraction of sp³-hybridized carbons (Fsp3) is 0.333. The van der Waals surface area contributed by atoms with Gasteiger partial charge in [0.15, 0.2) is 6.10 Å². The van der Waals surface area contributed by atoms with E-state index < -0.39 is 12.1 Å². The van der Waals surface area contributed by atoms with E-state index in [2.05, 4.69) is 4.98 Å². The largest absolute Gasteiger partial charge is 0.479 e. The van der Waals surface area contributed by atoms with E-state index in [1.807, 2.05) is 0 Å². The first-order valence-corrected chi connectivity index (χ1v) is 6.39. The van der Waals surface area contributed by atoms with E-state index in [1.165, 1.54) is 23.5 Å². The number of carboxylic acid groups (broad SMARTS) is 1. The van der Waals surface area contributed by atoms with Crippen molar-refractivity contribution >= 4 is 27.5 Å². The first-order chi connectivity index (χ1) is 8.63. The minimum atomic E-state index is -0.940. The van der Waals surface area contributed by atoms with Crippen LogP contribution in [0.15, 0.2) is 18.2 Å². The third-order valence-electron chi connectivity index (χ3n) is 2.94. The Kier molecular flexibility index (Phi) is 2.76. The van der Waals surface area contributed by atoms with Crippen molar-refractivity contribution in [1.29, 1.82) is 0 Å². The number of hydrogen-bond acceptors (Lipinski definition) is 4. The highest BCUT2D eigenvalue weighted by molar-refractivity contribution is 7.18. The first-order valence-electron chi connectivity index (χ1n) is 5.58. The minimum Gasteiger partial charge on any atom is -0.479 e. The molecule has 2 atom stereocenters. The fourth-order valence-electron chi connectivity index (χ4n) is 2.06. The maximum atomic E-state index is 13.0. The van der Waals surface area contributed by atoms with Gasteiger partial charge in [-0.05, 0) is 25.0 Å². The number of halogens is 1. The summed E-state index contributed by atoms with van der Waals surface area (Å²) in [6.45, 7) is 0. The second kappa shape index (κ2) is 4.29. The zero-order chi connectivity index (χ0) is 12.7. The molecule has 94 valence electrons. The van der Waals surface area contributed by atoms with Crippen molar-refractivity contribution in [3.8, 4) is 0 Å². The second-order valence-corrected chi connectivity index (χ2v) is 5.26. The van der Waals surface area contributed by atoms with Gasteiger partial charge >= 0.3 is 5.97 Å². The zero-order valence-corrected chi connectivity index (χ0v) is 10.1. The normalized spacial score (nSPS) is 23.6. The average molecular weight is 267 g/mol. The number of ether oxygens (including phenoxy) is 1. The fourth-order valence-corrected chi connectivity index (χ4v) is 3.08. The summed E-state index contributed by atoms with van der Waals surface area (Å²) in [6, 6.07) is 4.44. The molecule has 4 nitrogen and oxygen atoms in total. The van der Waals surface area contributed by atoms with Crippen LogP contribution in [0, 0.1) is 5.82 Å². The van der Waals surface area contributed by atoms with Gasteiger partial charge in [0.25, 0.3) is 0 Å². The molecule has 1 aliphatic rings. The molecule has 18 heavy (non-hydrogen) atoms. The summed E-state index contributed by atoms with van der Waals surface area (Å²) in [5.41, 5.74) is 0.595. The summed E-state index contributed by atoms with van der Waals surface area (Å²) >= 11 is 1.42. The van der Waals surface area contributed by atoms with E-state index in [9.17, 15) is 9.18 Å². The van der Waals surface area contributed by atoms with Crippen LogP contribution < -0.4 is 0 Å². The number of aliphatic carboxylic acids is 1. The minimum absolute atomic E-state index is 0.286. The van der Waals surface area contributed by atoms with Crippen molar-refractivity contribution in [1.82, 2.24) is 4.98 Å². The summed E-state index contributed by atoms with van der Waals surface area (Å²) in [4.78, 5) is 15.1. The lowest BCUT2D eigenvalue weighted by Gasteiger charge is -2.07. The van der Waals surface area contributed by atoms with Gasteiger partial charge in [-0.15, -0.1) is 11.3 Å². The van der Waals surface area contributed by atoms with Crippen LogP contribution in [-0.4, -0.2) is 22.2 Å². The molecule has 0 amide bonds. The average Bonchev–Trinajstić information content (AvgIpc) is 2.93. The van der Waals surface area contributed by atoms with Gasteiger partial charge in [-0.25, -0.2) is 14.2 Å². The van der Waals surface area contributed by atoms with E-state index in [0.717, 1.165) is 9.71 Å². The third-order valence-corrected chi connectivity index (χ3v) is 4.07. The molecule has 1 fully saturated rings. The highest BCUT2D eigenvalue weighted by Gasteiger charge is 2.33. The summed E-state index contributed by atoms with van der Waals surface area (Å²) in [7, 11) is 0. The molecule has 1 aliphatic heterocycles. The number of fused-ring (bicyclic) bond motifs is 1. The molecule has 2 heterocycles. The van der Waals surface area contributed by atoms with E-state index in [1.54, 1.807) is 6.07 Å². The number of carbonyl (C=O) groups is 1. The van der Waals surface area contributed by atoms with E-state index in [4.69, 9.17) is 9.84 Å². The Hall–Kier alpha value is -1.53. The van der Waals surface area contributed by atoms with Gasteiger partial charge in [0.05, 0.1) is 10.2 Å². The molecule has 1 N–H and O–H groups in total. The van der Waals surface area contributed by atoms with Crippen molar-refractivity contribution in [2.75, 3.05) is 0 Å². The van der Waals surface area contributed by atoms with Crippen LogP contribution in [-0.2, 0) is 9.53 Å². The molecule has 1 aromatic heterocycles. The molecule has 0 saturated carbocycles. The lowest BCUT2D eigenvalue weighted by Crippen LogP contribution is -2.18. The number of nitrogens with zero attached hydrogens (tertiary/aromatic N) is 1. The lowest BCUT2D eigenvalue weighted by molar-refractivity contribution is -0.149. The second-order valence-electron chi connectivity index (χ2n) is 4.19. The zero-order valence-electron chi connectivity index (χ0n) is 9.30. The van der Waals surface area contributed by atoms with Gasteiger partial charge < -0.3 is 9.84 Å². The van der Waals surface area contributed by atoms with E-state index in [-0.39, 0.29) is 11.9 Å². The molecule has 0 bridgehead atoms. The molecule has 0 radical (unpaired) electrons. The Labute approximate surface area is 106 Å². The Morgan fingerprint density at radius 3 is 3.06 bits per heavy atom. The van der Waals surface area contributed by atoms with Gasteiger partial charge in [-0.3, -0.25) is 0 Å². The molecule has 2 unspecified atom stereocenters. The molecule has 3 rings (SSSR count). The predicted octanol–water partition coefficient (Wildman–Crippen LogP) is 2.74. The maximum Gasteiger partial charge on any atom is 0.332 e. The van der Waals surface area contributed by atoms with Crippen LogP contribution in [0.1, 0.15) is 24.0 Å². The number of rotatable bonds is 2. The predicted molar refractivity (Wildman–Crippen MR) is 64.1 cm³/mol. The van der Waals surface area contributed by atoms with Gasteiger partial charge in [-0.1, -0.05) is 0 Å². The number of aromatic nitrogens is 1. The summed E-state index contributed by atoms with van der Waals surface area (Å²) in [5, 5.41) is 9.58. The summed E-state index contributed by atoms with van der Waals surface area (Å²) in [5.74, 6) is -1.26. The van der Waals surface area contributed by atoms with Gasteiger partial charge in [-0.2, -0.15) is 0 Å². The van der Waals surface area contributed by atoms with Gasteiger partial charge in [0.1, 0.15) is 16.9 Å². The van der Waals surface area contributed by atoms with Crippen LogP contribution in [0.3, 0.4) is 0 Å². The molecular formula is C12H10FNO3S. The molecule has 0 aliphatic carbocycles. The molecule has 6 heteroatoms. The van der Waals surface area contributed by atoms with Crippen molar-refractivity contribution in [3.05, 3.63) is 29.0 Å². The number of hydrogen-bond donors (Lipinski definition) is 1. The Morgan fingerprint density at radius 2 is 2.33 bits per heavy atom. The molecule has 1 aromatic carbocycles. The SMILES string of the molecule is O=C(O)C1CCC(c2nc3cc(F)ccc3s2)O1. The highest BCUT2D eigenvalue weighted by atomic mass is 32.1. The first kappa shape index (κ1) is 11.6. The molecule has 0 spiro atoms. The van der Waals surface area contributed by atoms with Crippen LogP contribution in [0.5, 0.6) is 0 Å². The highest BCUT2D eigenvalue weighted by Crippen LogP contribution is 2.36. The van der Waals surface area contributed by atoms with E-state index in [0.29, 0.717) is 18.4 Å². The maximum absolute atomic E-state index is 13.0. The van der Waals surface area contributed by atoms with Crippen molar-refractivity contribution in [3.63, 3.8) is 0 Å². The van der Waals surface area contributed by atoms with Crippen molar-refractivity contribution in [2.45, 2.75) is 25.0 Å². The summed E-state index contributed by atoms with van der Waals surface area (Å²) < 4.78 is 19.4. The lowest BCUT2D eigenvalue weighted by atomic mass is 10.2. The van der Waals surface area contributed by atoms with Crippen molar-refractivity contribution in [2.24, 2.45) is 0 Å². The van der Waals surface area contributed by atoms with E-state index >= 15 is 0 Å². The number of carboxylic acids is 1. The van der Waals surface area contributed by atoms with Crippen LogP contribution in [0.2, 0.25) is 0 Å². The summed E-state index contributed by atoms with van der Waals surface area (Å²) in [6.07, 6.45) is 0.0918. The Morgan fingerprint density at radius 1 is 1.50 bits per heavy atom. The Bertz CT molecular complexity index is 612. The number of benzene rings is 1.